The number of aromatic nitrogens is 3. The van der Waals surface area contributed by atoms with Crippen LogP contribution in [0, 0.1) is 0 Å². The summed E-state index contributed by atoms with van der Waals surface area (Å²) in [6, 6.07) is 4.32. The molecule has 3 aliphatic heterocycles. The normalized spacial score (nSPS) is 32.4. The topological polar surface area (TPSA) is 89.6 Å². The molecule has 11 heteroatoms. The van der Waals surface area contributed by atoms with Crippen molar-refractivity contribution in [2.45, 2.75) is 69.0 Å². The second-order valence-electron chi connectivity index (χ2n) is 10.4. The Morgan fingerprint density at radius 3 is 2.69 bits per heavy atom. The Morgan fingerprint density at radius 1 is 1.20 bits per heavy atom. The molecule has 0 amide bonds. The summed E-state index contributed by atoms with van der Waals surface area (Å²) in [5.41, 5.74) is 6.31. The number of halogens is 3. The molecule has 35 heavy (non-hydrogen) atoms. The summed E-state index contributed by atoms with van der Waals surface area (Å²) in [7, 11) is 0. The van der Waals surface area contributed by atoms with Crippen LogP contribution in [0.5, 0.6) is 5.75 Å². The summed E-state index contributed by atoms with van der Waals surface area (Å²) in [4.78, 5) is 17.9. The number of rotatable bonds is 6. The van der Waals surface area contributed by atoms with Crippen LogP contribution in [0.25, 0.3) is 11.3 Å². The molecule has 5 heterocycles. The van der Waals surface area contributed by atoms with Gasteiger partial charge in [0.05, 0.1) is 24.9 Å². The molecule has 0 aromatic carbocycles. The van der Waals surface area contributed by atoms with Crippen molar-refractivity contribution >= 4 is 11.8 Å². The maximum atomic E-state index is 14.6. The van der Waals surface area contributed by atoms with Gasteiger partial charge in [-0.2, -0.15) is 8.78 Å². The maximum Gasteiger partial charge on any atom is 0.387 e. The number of nitrogen functional groups attached to an aromatic ring is 1. The second-order valence-corrected chi connectivity index (χ2v) is 10.4. The lowest BCUT2D eigenvalue weighted by atomic mass is 9.76. The molecule has 2 aromatic rings. The number of hydrogen-bond acceptors (Lipinski definition) is 8. The van der Waals surface area contributed by atoms with E-state index in [2.05, 4.69) is 19.6 Å². The van der Waals surface area contributed by atoms with E-state index >= 15 is 0 Å². The third-order valence-corrected chi connectivity index (χ3v) is 7.78. The predicted molar refractivity (Wildman–Crippen MR) is 123 cm³/mol. The van der Waals surface area contributed by atoms with Crippen molar-refractivity contribution in [1.82, 2.24) is 19.9 Å². The van der Waals surface area contributed by atoms with Crippen LogP contribution >= 0.6 is 0 Å². The van der Waals surface area contributed by atoms with Crippen LogP contribution in [0.1, 0.15) is 44.2 Å². The number of ether oxygens (including phenoxy) is 2. The SMILES string of the molecule is C[C@]1(F)CCN(c2nc(-c3cnc(N)c(OC(F)F)c3)cc(C3CC(N4C[C@@H]5C[C@H]4CO5)C3)n2)C1. The number of pyridine rings is 1. The molecule has 188 valence electrons. The molecule has 1 saturated carbocycles. The summed E-state index contributed by atoms with van der Waals surface area (Å²) >= 11 is 0. The largest absolute Gasteiger partial charge is 0.431 e. The van der Waals surface area contributed by atoms with Crippen LogP contribution in [0.15, 0.2) is 18.3 Å². The van der Waals surface area contributed by atoms with Crippen molar-refractivity contribution in [1.29, 1.82) is 0 Å². The average Bonchev–Trinajstić information content (AvgIpc) is 3.49. The van der Waals surface area contributed by atoms with Crippen molar-refractivity contribution in [2.75, 3.05) is 36.9 Å². The lowest BCUT2D eigenvalue weighted by molar-refractivity contribution is -0.0494. The number of alkyl halides is 3. The Kier molecular flexibility index (Phi) is 5.52. The van der Waals surface area contributed by atoms with Gasteiger partial charge in [-0.25, -0.2) is 19.3 Å². The first-order valence-electron chi connectivity index (χ1n) is 12.1. The van der Waals surface area contributed by atoms with Gasteiger partial charge in [0.25, 0.3) is 0 Å². The Hall–Kier alpha value is -2.66. The highest BCUT2D eigenvalue weighted by atomic mass is 19.3. The first kappa shape index (κ1) is 22.8. The molecule has 4 aliphatic rings. The standard InChI is InChI=1S/C24H29F3N6O2/c1-24(27)2-3-32(12-24)23-30-18(13-4-15(5-13)33-10-17-7-16(33)11-34-17)8-19(31-23)14-6-20(35-22(25)26)21(28)29-9-14/h6,8-9,13,15-17,22H,2-5,7,10-12H2,1H3,(H2,28,29)/t13?,15?,16-,17-,24-/m0/s1. The van der Waals surface area contributed by atoms with Crippen molar-refractivity contribution in [2.24, 2.45) is 0 Å². The van der Waals surface area contributed by atoms with Crippen LogP contribution < -0.4 is 15.4 Å². The van der Waals surface area contributed by atoms with E-state index < -0.39 is 12.3 Å². The van der Waals surface area contributed by atoms with Gasteiger partial charge in [0.1, 0.15) is 5.67 Å². The molecule has 6 rings (SSSR count). The summed E-state index contributed by atoms with van der Waals surface area (Å²) in [5, 5.41) is 0. The molecule has 2 aromatic heterocycles. The molecular weight excluding hydrogens is 461 g/mol. The van der Waals surface area contributed by atoms with E-state index in [1.165, 1.54) is 12.3 Å². The van der Waals surface area contributed by atoms with Gasteiger partial charge in [-0.3, -0.25) is 4.90 Å². The van der Waals surface area contributed by atoms with Crippen LogP contribution in [0.3, 0.4) is 0 Å². The minimum absolute atomic E-state index is 0.123. The molecule has 2 N–H and O–H groups in total. The smallest absolute Gasteiger partial charge is 0.387 e. The van der Waals surface area contributed by atoms with E-state index in [-0.39, 0.29) is 24.0 Å². The maximum absolute atomic E-state index is 14.6. The zero-order valence-electron chi connectivity index (χ0n) is 19.5. The number of morpholine rings is 1. The Bertz CT molecular complexity index is 1110. The van der Waals surface area contributed by atoms with Gasteiger partial charge in [-0.15, -0.1) is 0 Å². The summed E-state index contributed by atoms with van der Waals surface area (Å²) in [6.45, 7) is 1.10. The van der Waals surface area contributed by atoms with Gasteiger partial charge in [-0.05, 0) is 38.3 Å². The van der Waals surface area contributed by atoms with Crippen molar-refractivity contribution in [3.8, 4) is 17.0 Å². The third kappa shape index (κ3) is 4.40. The minimum atomic E-state index is -3.02. The molecule has 0 unspecified atom stereocenters. The predicted octanol–water partition coefficient (Wildman–Crippen LogP) is 3.38. The molecule has 3 atom stereocenters. The van der Waals surface area contributed by atoms with E-state index in [0.29, 0.717) is 48.4 Å². The van der Waals surface area contributed by atoms with Gasteiger partial charge < -0.3 is 20.1 Å². The molecule has 2 bridgehead atoms. The number of hydrogen-bond donors (Lipinski definition) is 1. The number of nitrogens with two attached hydrogens (primary N) is 1. The quantitative estimate of drug-likeness (QED) is 0.659. The van der Waals surface area contributed by atoms with E-state index in [9.17, 15) is 13.2 Å². The monoisotopic (exact) mass is 490 g/mol. The molecule has 0 radical (unpaired) electrons. The van der Waals surface area contributed by atoms with Gasteiger partial charge in [-0.1, -0.05) is 0 Å². The average molecular weight is 491 g/mol. The van der Waals surface area contributed by atoms with Gasteiger partial charge in [0.2, 0.25) is 5.95 Å². The molecular formula is C24H29F3N6O2. The zero-order valence-corrected chi connectivity index (χ0v) is 19.5. The summed E-state index contributed by atoms with van der Waals surface area (Å²) in [5.74, 6) is 0.372. The molecule has 1 aliphatic carbocycles. The Morgan fingerprint density at radius 2 is 2.03 bits per heavy atom. The third-order valence-electron chi connectivity index (χ3n) is 7.78. The molecule has 4 fully saturated rings. The highest BCUT2D eigenvalue weighted by molar-refractivity contribution is 5.65. The van der Waals surface area contributed by atoms with Gasteiger partial charge in [0, 0.05) is 55.0 Å². The minimum Gasteiger partial charge on any atom is -0.431 e. The highest BCUT2D eigenvalue weighted by Crippen LogP contribution is 2.44. The first-order valence-corrected chi connectivity index (χ1v) is 12.1. The van der Waals surface area contributed by atoms with Crippen molar-refractivity contribution in [3.63, 3.8) is 0 Å². The van der Waals surface area contributed by atoms with Crippen LogP contribution in [0.2, 0.25) is 0 Å². The van der Waals surface area contributed by atoms with Crippen LogP contribution in [-0.4, -0.2) is 76.6 Å². The fraction of sp³-hybridized carbons (Fsp3) is 0.625. The fourth-order valence-corrected chi connectivity index (χ4v) is 5.81. The van der Waals surface area contributed by atoms with E-state index in [1.807, 2.05) is 11.0 Å². The first-order chi connectivity index (χ1) is 16.7. The van der Waals surface area contributed by atoms with Crippen LogP contribution in [-0.2, 0) is 4.74 Å². The van der Waals surface area contributed by atoms with Crippen molar-refractivity contribution < 1.29 is 22.6 Å². The number of anilines is 2. The van der Waals surface area contributed by atoms with E-state index in [4.69, 9.17) is 15.5 Å². The molecule has 0 spiro atoms. The summed E-state index contributed by atoms with van der Waals surface area (Å²) in [6.07, 6.45) is 5.34. The molecule has 3 saturated heterocycles. The summed E-state index contributed by atoms with van der Waals surface area (Å²) < 4.78 is 50.5. The molecule has 8 nitrogen and oxygen atoms in total. The lowest BCUT2D eigenvalue weighted by Crippen LogP contribution is -2.49. The van der Waals surface area contributed by atoms with Crippen LogP contribution in [0.4, 0.5) is 24.9 Å². The van der Waals surface area contributed by atoms with E-state index in [1.54, 1.807) is 6.92 Å². The Balaban J connectivity index is 1.29. The van der Waals surface area contributed by atoms with Gasteiger partial charge >= 0.3 is 6.61 Å². The number of likely N-dealkylation sites (tertiary alicyclic amines) is 1. The van der Waals surface area contributed by atoms with Crippen molar-refractivity contribution in [3.05, 3.63) is 24.0 Å². The van der Waals surface area contributed by atoms with Gasteiger partial charge in [0.15, 0.2) is 11.6 Å². The highest BCUT2D eigenvalue weighted by Gasteiger charge is 2.46. The lowest BCUT2D eigenvalue weighted by Gasteiger charge is -2.44. The Labute approximate surface area is 201 Å². The fourth-order valence-electron chi connectivity index (χ4n) is 5.81. The van der Waals surface area contributed by atoms with E-state index in [0.717, 1.165) is 38.1 Å². The number of fused-ring (bicyclic) bond motifs is 2. The zero-order chi connectivity index (χ0) is 24.3. The number of nitrogens with zero attached hydrogens (tertiary/aromatic N) is 5. The second kappa shape index (κ2) is 8.48.